The van der Waals surface area contributed by atoms with Crippen LogP contribution in [0.5, 0.6) is 11.5 Å². The molecule has 0 bridgehead atoms. The van der Waals surface area contributed by atoms with Gasteiger partial charge in [0.15, 0.2) is 21.3 Å². The van der Waals surface area contributed by atoms with E-state index in [0.29, 0.717) is 21.9 Å². The molecule has 1 aromatic carbocycles. The van der Waals surface area contributed by atoms with E-state index in [0.717, 1.165) is 5.56 Å². The van der Waals surface area contributed by atoms with E-state index >= 15 is 0 Å². The van der Waals surface area contributed by atoms with Crippen molar-refractivity contribution in [2.24, 2.45) is 0 Å². The molecule has 18 heavy (non-hydrogen) atoms. The second-order valence-electron chi connectivity index (χ2n) is 3.71. The number of methoxy groups -OCH3 is 1. The smallest absolute Gasteiger partial charge is 0.165 e. The molecule has 0 radical (unpaired) electrons. The Kier molecular flexibility index (Phi) is 5.75. The van der Waals surface area contributed by atoms with Crippen molar-refractivity contribution in [3.8, 4) is 11.5 Å². The Labute approximate surface area is 120 Å². The molecule has 0 aliphatic heterocycles. The van der Waals surface area contributed by atoms with Crippen molar-refractivity contribution < 1.29 is 17.9 Å². The van der Waals surface area contributed by atoms with Crippen LogP contribution in [-0.4, -0.2) is 34.1 Å². The van der Waals surface area contributed by atoms with E-state index < -0.39 is 9.84 Å². The molecular weight excluding hydrogens is 344 g/mol. The number of hydrogen-bond donors (Lipinski definition) is 0. The molecule has 4 nitrogen and oxygen atoms in total. The van der Waals surface area contributed by atoms with Crippen LogP contribution in [0.15, 0.2) is 12.1 Å². The zero-order chi connectivity index (χ0) is 13.8. The third-order valence-corrected chi connectivity index (χ3v) is 3.89. The lowest BCUT2D eigenvalue weighted by Gasteiger charge is -2.14. The second kappa shape index (κ2) is 6.63. The van der Waals surface area contributed by atoms with Crippen molar-refractivity contribution in [3.05, 3.63) is 22.7 Å². The maximum atomic E-state index is 11.0. The Balaban J connectivity index is 2.92. The first-order valence-corrected chi connectivity index (χ1v) is 8.66. The van der Waals surface area contributed by atoms with Gasteiger partial charge in [-0.2, -0.15) is 0 Å². The summed E-state index contributed by atoms with van der Waals surface area (Å²) in [6.45, 7) is 0.0802. The van der Waals surface area contributed by atoms with Crippen LogP contribution in [0.1, 0.15) is 5.56 Å². The lowest BCUT2D eigenvalue weighted by atomic mass is 10.2. The second-order valence-corrected chi connectivity index (χ2v) is 6.97. The van der Waals surface area contributed by atoms with Gasteiger partial charge in [0, 0.05) is 28.2 Å². The summed E-state index contributed by atoms with van der Waals surface area (Å²) in [5, 5.41) is 1.08. The SMILES string of the molecule is COc1cc(Cl)cc(CBr)c1OCCS(C)(=O)=O. The Morgan fingerprint density at radius 1 is 1.39 bits per heavy atom. The van der Waals surface area contributed by atoms with Gasteiger partial charge in [0.25, 0.3) is 0 Å². The third-order valence-electron chi connectivity index (χ3n) is 2.16. The van der Waals surface area contributed by atoms with Crippen LogP contribution >= 0.6 is 27.5 Å². The quantitative estimate of drug-likeness (QED) is 0.735. The largest absolute Gasteiger partial charge is 0.493 e. The lowest BCUT2D eigenvalue weighted by molar-refractivity contribution is 0.309. The minimum atomic E-state index is -3.05. The summed E-state index contributed by atoms with van der Waals surface area (Å²) < 4.78 is 32.7. The molecule has 0 fully saturated rings. The molecule has 0 saturated carbocycles. The highest BCUT2D eigenvalue weighted by atomic mass is 79.9. The van der Waals surface area contributed by atoms with E-state index in [2.05, 4.69) is 15.9 Å². The fraction of sp³-hybridized carbons (Fsp3) is 0.455. The first kappa shape index (κ1) is 15.6. The van der Waals surface area contributed by atoms with Gasteiger partial charge in [0.2, 0.25) is 0 Å². The number of rotatable bonds is 6. The summed E-state index contributed by atoms with van der Waals surface area (Å²) in [7, 11) is -1.54. The van der Waals surface area contributed by atoms with Crippen LogP contribution < -0.4 is 9.47 Å². The van der Waals surface area contributed by atoms with Crippen molar-refractivity contribution in [3.63, 3.8) is 0 Å². The van der Waals surface area contributed by atoms with Gasteiger partial charge in [-0.05, 0) is 6.07 Å². The Morgan fingerprint density at radius 2 is 2.06 bits per heavy atom. The number of hydrogen-bond acceptors (Lipinski definition) is 4. The van der Waals surface area contributed by atoms with Gasteiger partial charge in [-0.25, -0.2) is 8.42 Å². The number of halogens is 2. The minimum absolute atomic E-state index is 0.0412. The fourth-order valence-electron chi connectivity index (χ4n) is 1.33. The van der Waals surface area contributed by atoms with Crippen molar-refractivity contribution >= 4 is 37.4 Å². The predicted molar refractivity (Wildman–Crippen MR) is 75.8 cm³/mol. The molecule has 0 unspecified atom stereocenters. The van der Waals surface area contributed by atoms with Crippen LogP contribution in [0, 0.1) is 0 Å². The van der Waals surface area contributed by atoms with Gasteiger partial charge in [-0.3, -0.25) is 0 Å². The molecule has 0 aliphatic rings. The molecule has 0 aromatic heterocycles. The van der Waals surface area contributed by atoms with E-state index in [-0.39, 0.29) is 12.4 Å². The van der Waals surface area contributed by atoms with Crippen LogP contribution in [0.3, 0.4) is 0 Å². The Morgan fingerprint density at radius 3 is 2.56 bits per heavy atom. The zero-order valence-corrected chi connectivity index (χ0v) is 13.2. The van der Waals surface area contributed by atoms with E-state index in [1.807, 2.05) is 0 Å². The molecule has 0 atom stereocenters. The molecule has 0 N–H and O–H groups in total. The van der Waals surface area contributed by atoms with E-state index in [1.165, 1.54) is 13.4 Å². The summed E-state index contributed by atoms with van der Waals surface area (Å²) in [6, 6.07) is 3.37. The van der Waals surface area contributed by atoms with Crippen molar-refractivity contribution in [1.82, 2.24) is 0 Å². The van der Waals surface area contributed by atoms with Gasteiger partial charge in [0.1, 0.15) is 6.61 Å². The molecule has 0 heterocycles. The molecule has 0 amide bonds. The van der Waals surface area contributed by atoms with E-state index in [9.17, 15) is 8.42 Å². The van der Waals surface area contributed by atoms with E-state index in [4.69, 9.17) is 21.1 Å². The Hall–Kier alpha value is -0.460. The van der Waals surface area contributed by atoms with Crippen LogP contribution in [0.4, 0.5) is 0 Å². The summed E-state index contributed by atoms with van der Waals surface area (Å²) in [5.41, 5.74) is 0.813. The van der Waals surface area contributed by atoms with Crippen molar-refractivity contribution in [2.75, 3.05) is 25.7 Å². The Bertz CT molecular complexity index is 491. The lowest BCUT2D eigenvalue weighted by Crippen LogP contribution is -2.13. The average Bonchev–Trinajstić information content (AvgIpc) is 2.28. The molecule has 0 aliphatic carbocycles. The highest BCUT2D eigenvalue weighted by Crippen LogP contribution is 2.35. The van der Waals surface area contributed by atoms with Gasteiger partial charge in [0.05, 0.1) is 12.9 Å². The van der Waals surface area contributed by atoms with Crippen LogP contribution in [-0.2, 0) is 15.2 Å². The molecule has 1 aromatic rings. The molecule has 7 heteroatoms. The van der Waals surface area contributed by atoms with Gasteiger partial charge >= 0.3 is 0 Å². The minimum Gasteiger partial charge on any atom is -0.493 e. The summed E-state index contributed by atoms with van der Waals surface area (Å²) >= 11 is 9.26. The fourth-order valence-corrected chi connectivity index (χ4v) is 2.37. The molecule has 102 valence electrons. The highest BCUT2D eigenvalue weighted by molar-refractivity contribution is 9.08. The van der Waals surface area contributed by atoms with Gasteiger partial charge in [-0.1, -0.05) is 27.5 Å². The van der Waals surface area contributed by atoms with Crippen LogP contribution in [0.2, 0.25) is 5.02 Å². The number of sulfone groups is 1. The highest BCUT2D eigenvalue weighted by Gasteiger charge is 2.13. The molecule has 0 saturated heterocycles. The number of ether oxygens (including phenoxy) is 2. The van der Waals surface area contributed by atoms with E-state index in [1.54, 1.807) is 12.1 Å². The molecular formula is C11H14BrClO4S. The maximum absolute atomic E-state index is 11.0. The molecule has 1 rings (SSSR count). The number of benzene rings is 1. The monoisotopic (exact) mass is 356 g/mol. The topological polar surface area (TPSA) is 52.6 Å². The molecule has 0 spiro atoms. The first-order chi connectivity index (χ1) is 8.37. The van der Waals surface area contributed by atoms with Crippen LogP contribution in [0.25, 0.3) is 0 Å². The number of alkyl halides is 1. The zero-order valence-electron chi connectivity index (χ0n) is 10.1. The van der Waals surface area contributed by atoms with Gasteiger partial charge in [-0.15, -0.1) is 0 Å². The normalized spacial score (nSPS) is 11.3. The summed E-state index contributed by atoms with van der Waals surface area (Å²) in [4.78, 5) is 0. The predicted octanol–water partition coefficient (Wildman–Crippen LogP) is 2.67. The standard InChI is InChI=1S/C11H14BrClO4S/c1-16-10-6-9(13)5-8(7-12)11(10)17-3-4-18(2,14)15/h5-6H,3-4,7H2,1-2H3. The first-order valence-electron chi connectivity index (χ1n) is 5.10. The van der Waals surface area contributed by atoms with Crippen molar-refractivity contribution in [2.45, 2.75) is 5.33 Å². The summed E-state index contributed by atoms with van der Waals surface area (Å²) in [6.07, 6.45) is 1.17. The average molecular weight is 358 g/mol. The third kappa shape index (κ3) is 4.66. The maximum Gasteiger partial charge on any atom is 0.165 e. The van der Waals surface area contributed by atoms with Gasteiger partial charge < -0.3 is 9.47 Å². The summed E-state index contributed by atoms with van der Waals surface area (Å²) in [5.74, 6) is 0.966. The van der Waals surface area contributed by atoms with Crippen molar-refractivity contribution in [1.29, 1.82) is 0 Å².